The van der Waals surface area contributed by atoms with E-state index >= 15 is 0 Å². The maximum Gasteiger partial charge on any atom is 0.258 e. The standard InChI is InChI=1S/C21H29N5O2.ClH/c1-15-6-2-3-8-17(15)21-24-19(25-28-21)14-26-11-5-7-16(13-26)12-23-20(27)18-9-4-10-22-18;/h2-3,6,8,16,18,22H,4-5,7,9-14H2,1H3,(H,23,27);1H. The van der Waals surface area contributed by atoms with Gasteiger partial charge in [-0.2, -0.15) is 4.98 Å². The van der Waals surface area contributed by atoms with Crippen LogP contribution in [-0.2, 0) is 11.3 Å². The largest absolute Gasteiger partial charge is 0.354 e. The molecule has 4 rings (SSSR count). The van der Waals surface area contributed by atoms with Crippen molar-refractivity contribution in [1.82, 2.24) is 25.7 Å². The average molecular weight is 420 g/mol. The highest BCUT2D eigenvalue weighted by atomic mass is 35.5. The maximum atomic E-state index is 12.2. The Morgan fingerprint density at radius 1 is 1.31 bits per heavy atom. The number of nitrogens with one attached hydrogen (secondary N) is 2. The summed E-state index contributed by atoms with van der Waals surface area (Å²) in [6.07, 6.45) is 4.31. The van der Waals surface area contributed by atoms with Crippen molar-refractivity contribution in [1.29, 1.82) is 0 Å². The molecule has 0 saturated carbocycles. The van der Waals surface area contributed by atoms with Crippen molar-refractivity contribution in [2.45, 2.75) is 45.2 Å². The summed E-state index contributed by atoms with van der Waals surface area (Å²) in [7, 11) is 0. The van der Waals surface area contributed by atoms with Gasteiger partial charge in [0.1, 0.15) is 0 Å². The van der Waals surface area contributed by atoms with Gasteiger partial charge in [-0.15, -0.1) is 12.4 Å². The highest BCUT2D eigenvalue weighted by molar-refractivity contribution is 5.85. The van der Waals surface area contributed by atoms with Crippen molar-refractivity contribution in [2.24, 2.45) is 5.92 Å². The van der Waals surface area contributed by atoms with Crippen molar-refractivity contribution < 1.29 is 9.32 Å². The van der Waals surface area contributed by atoms with Crippen molar-refractivity contribution in [3.8, 4) is 11.5 Å². The molecule has 0 radical (unpaired) electrons. The number of benzene rings is 1. The lowest BCUT2D eigenvalue weighted by Crippen LogP contribution is -2.45. The molecule has 158 valence electrons. The maximum absolute atomic E-state index is 12.2. The van der Waals surface area contributed by atoms with E-state index in [0.29, 0.717) is 18.4 Å². The fourth-order valence-electron chi connectivity index (χ4n) is 4.18. The lowest BCUT2D eigenvalue weighted by atomic mass is 9.98. The van der Waals surface area contributed by atoms with Crippen LogP contribution >= 0.6 is 12.4 Å². The number of aromatic nitrogens is 2. The summed E-state index contributed by atoms with van der Waals surface area (Å²) in [6.45, 7) is 6.40. The molecule has 2 atom stereocenters. The van der Waals surface area contributed by atoms with Crippen LogP contribution in [0.5, 0.6) is 0 Å². The lowest BCUT2D eigenvalue weighted by molar-refractivity contribution is -0.123. The molecule has 2 N–H and O–H groups in total. The van der Waals surface area contributed by atoms with Crippen LogP contribution < -0.4 is 10.6 Å². The Bertz CT molecular complexity index is 806. The van der Waals surface area contributed by atoms with Gasteiger partial charge < -0.3 is 15.2 Å². The van der Waals surface area contributed by atoms with Crippen LogP contribution in [0.25, 0.3) is 11.5 Å². The highest BCUT2D eigenvalue weighted by Crippen LogP contribution is 2.22. The van der Waals surface area contributed by atoms with Crippen molar-refractivity contribution >= 4 is 18.3 Å². The molecule has 2 unspecified atom stereocenters. The molecule has 0 spiro atoms. The quantitative estimate of drug-likeness (QED) is 0.748. The second-order valence-corrected chi connectivity index (χ2v) is 7.97. The minimum atomic E-state index is -0.00103. The first-order valence-corrected chi connectivity index (χ1v) is 10.3. The molecule has 7 nitrogen and oxygen atoms in total. The van der Waals surface area contributed by atoms with E-state index in [1.807, 2.05) is 31.2 Å². The fourth-order valence-corrected chi connectivity index (χ4v) is 4.18. The van der Waals surface area contributed by atoms with Crippen LogP contribution in [0, 0.1) is 12.8 Å². The molecular formula is C21H30ClN5O2. The number of likely N-dealkylation sites (tertiary alicyclic amines) is 1. The van der Waals surface area contributed by atoms with Crippen molar-refractivity contribution in [2.75, 3.05) is 26.2 Å². The predicted octanol–water partition coefficient (Wildman–Crippen LogP) is 2.55. The van der Waals surface area contributed by atoms with E-state index < -0.39 is 0 Å². The number of halogens is 1. The number of nitrogens with zero attached hydrogens (tertiary/aromatic N) is 3. The SMILES string of the molecule is Cc1ccccc1-c1nc(CN2CCCC(CNC(=O)C3CCCN3)C2)no1.Cl. The van der Waals surface area contributed by atoms with Gasteiger partial charge in [0.2, 0.25) is 5.91 Å². The van der Waals surface area contributed by atoms with Gasteiger partial charge in [0.05, 0.1) is 12.6 Å². The summed E-state index contributed by atoms with van der Waals surface area (Å²) in [5.41, 5.74) is 2.12. The van der Waals surface area contributed by atoms with Gasteiger partial charge in [-0.1, -0.05) is 23.4 Å². The Labute approximate surface area is 178 Å². The van der Waals surface area contributed by atoms with E-state index in [0.717, 1.165) is 68.8 Å². The summed E-state index contributed by atoms with van der Waals surface area (Å²) in [4.78, 5) is 19.2. The molecule has 2 aliphatic rings. The molecule has 1 aromatic carbocycles. The molecule has 0 aliphatic carbocycles. The normalized spacial score (nSPS) is 22.2. The second kappa shape index (κ2) is 10.2. The number of piperidine rings is 1. The van der Waals surface area contributed by atoms with E-state index in [2.05, 4.69) is 25.7 Å². The Balaban J connectivity index is 0.00000240. The zero-order valence-electron chi connectivity index (χ0n) is 16.9. The first-order chi connectivity index (χ1) is 13.7. The van der Waals surface area contributed by atoms with Crippen LogP contribution in [0.4, 0.5) is 0 Å². The fraction of sp³-hybridized carbons (Fsp3) is 0.571. The molecule has 3 heterocycles. The Hall–Kier alpha value is -1.96. The smallest absolute Gasteiger partial charge is 0.258 e. The Morgan fingerprint density at radius 3 is 2.97 bits per heavy atom. The molecule has 1 amide bonds. The molecule has 2 saturated heterocycles. The van der Waals surface area contributed by atoms with Gasteiger partial charge in [0.15, 0.2) is 5.82 Å². The molecular weight excluding hydrogens is 390 g/mol. The molecule has 1 aromatic heterocycles. The summed E-state index contributed by atoms with van der Waals surface area (Å²) >= 11 is 0. The lowest BCUT2D eigenvalue weighted by Gasteiger charge is -2.32. The molecule has 2 aliphatic heterocycles. The topological polar surface area (TPSA) is 83.3 Å². The van der Waals surface area contributed by atoms with Crippen molar-refractivity contribution in [3.05, 3.63) is 35.7 Å². The third-order valence-corrected chi connectivity index (χ3v) is 5.75. The third-order valence-electron chi connectivity index (χ3n) is 5.75. The first-order valence-electron chi connectivity index (χ1n) is 10.3. The number of amides is 1. The molecule has 0 bridgehead atoms. The monoisotopic (exact) mass is 419 g/mol. The van der Waals surface area contributed by atoms with Crippen LogP contribution in [0.3, 0.4) is 0 Å². The van der Waals surface area contributed by atoms with Gasteiger partial charge in [-0.05, 0) is 63.2 Å². The van der Waals surface area contributed by atoms with Gasteiger partial charge in [0, 0.05) is 18.7 Å². The number of carbonyl (C=O) groups is 1. The highest BCUT2D eigenvalue weighted by Gasteiger charge is 2.25. The Kier molecular flexibility index (Phi) is 7.64. The molecule has 2 aromatic rings. The molecule has 29 heavy (non-hydrogen) atoms. The minimum Gasteiger partial charge on any atom is -0.354 e. The van der Waals surface area contributed by atoms with Crippen LogP contribution in [0.15, 0.2) is 28.8 Å². The van der Waals surface area contributed by atoms with Crippen LogP contribution in [0.1, 0.15) is 37.1 Å². The van der Waals surface area contributed by atoms with E-state index in [1.54, 1.807) is 0 Å². The molecule has 8 heteroatoms. The number of hydrogen-bond donors (Lipinski definition) is 2. The van der Waals surface area contributed by atoms with Gasteiger partial charge in [0.25, 0.3) is 5.89 Å². The molecule has 2 fully saturated rings. The zero-order chi connectivity index (χ0) is 19.3. The van der Waals surface area contributed by atoms with E-state index in [-0.39, 0.29) is 24.4 Å². The predicted molar refractivity (Wildman–Crippen MR) is 114 cm³/mol. The summed E-state index contributed by atoms with van der Waals surface area (Å²) in [6, 6.07) is 8.04. The van der Waals surface area contributed by atoms with Crippen LogP contribution in [0.2, 0.25) is 0 Å². The van der Waals surface area contributed by atoms with E-state index in [4.69, 9.17) is 4.52 Å². The Morgan fingerprint density at radius 2 is 2.17 bits per heavy atom. The van der Waals surface area contributed by atoms with Crippen LogP contribution in [-0.4, -0.2) is 53.2 Å². The number of rotatable bonds is 6. The number of hydrogen-bond acceptors (Lipinski definition) is 6. The second-order valence-electron chi connectivity index (χ2n) is 7.97. The summed E-state index contributed by atoms with van der Waals surface area (Å²) in [5.74, 6) is 1.92. The van der Waals surface area contributed by atoms with Crippen molar-refractivity contribution in [3.63, 3.8) is 0 Å². The first kappa shape index (κ1) is 21.7. The van der Waals surface area contributed by atoms with E-state index in [9.17, 15) is 4.79 Å². The number of aryl methyl sites for hydroxylation is 1. The summed E-state index contributed by atoms with van der Waals surface area (Å²) < 4.78 is 5.48. The zero-order valence-corrected chi connectivity index (χ0v) is 17.7. The van der Waals surface area contributed by atoms with Gasteiger partial charge in [-0.25, -0.2) is 0 Å². The number of carbonyl (C=O) groups excluding carboxylic acids is 1. The third kappa shape index (κ3) is 5.56. The summed E-state index contributed by atoms with van der Waals surface area (Å²) in [5, 5.41) is 10.6. The van der Waals surface area contributed by atoms with Gasteiger partial charge in [-0.3, -0.25) is 9.69 Å². The minimum absolute atomic E-state index is 0. The van der Waals surface area contributed by atoms with E-state index in [1.165, 1.54) is 0 Å². The van der Waals surface area contributed by atoms with Gasteiger partial charge >= 0.3 is 0 Å². The average Bonchev–Trinajstić information content (AvgIpc) is 3.39.